The number of hydrogen-bond acceptors (Lipinski definition) is 4. The molecule has 2 N–H and O–H groups in total. The van der Waals surface area contributed by atoms with Crippen LogP contribution in [0, 0.1) is 11.7 Å². The quantitative estimate of drug-likeness (QED) is 0.538. The second-order valence-electron chi connectivity index (χ2n) is 6.59. The molecule has 3 rings (SSSR count). The first-order valence-corrected chi connectivity index (χ1v) is 10.1. The number of rotatable bonds is 6. The van der Waals surface area contributed by atoms with Crippen molar-refractivity contribution in [3.63, 3.8) is 0 Å². The molecule has 0 saturated heterocycles. The molecule has 0 spiro atoms. The molecule has 156 valence electrons. The van der Waals surface area contributed by atoms with E-state index in [0.29, 0.717) is 31.9 Å². The van der Waals surface area contributed by atoms with Crippen LogP contribution < -0.4 is 10.6 Å². The van der Waals surface area contributed by atoms with E-state index in [1.807, 2.05) is 25.1 Å². The lowest BCUT2D eigenvalue weighted by Crippen LogP contribution is -2.25. The predicted octanol–water partition coefficient (Wildman–Crippen LogP) is 4.14. The van der Waals surface area contributed by atoms with Gasteiger partial charge in [0.1, 0.15) is 6.54 Å². The van der Waals surface area contributed by atoms with Crippen LogP contribution >= 0.6 is 35.4 Å². The lowest BCUT2D eigenvalue weighted by Gasteiger charge is -2.07. The number of carbonyl (C=O) groups excluding carboxylic acids is 2. The van der Waals surface area contributed by atoms with Crippen molar-refractivity contribution in [2.45, 2.75) is 20.0 Å². The summed E-state index contributed by atoms with van der Waals surface area (Å²) >= 11 is 17.3. The minimum Gasteiger partial charge on any atom is -0.345 e. The van der Waals surface area contributed by atoms with Crippen molar-refractivity contribution >= 4 is 52.9 Å². The summed E-state index contributed by atoms with van der Waals surface area (Å²) < 4.78 is 3.40. The van der Waals surface area contributed by atoms with Gasteiger partial charge >= 0.3 is 0 Å². The Labute approximate surface area is 188 Å². The van der Waals surface area contributed by atoms with Gasteiger partial charge in [-0.1, -0.05) is 41.4 Å². The van der Waals surface area contributed by atoms with Crippen molar-refractivity contribution in [3.05, 3.63) is 74.2 Å². The number of halogens is 2. The number of benzene rings is 2. The number of aromatic nitrogens is 3. The van der Waals surface area contributed by atoms with Gasteiger partial charge < -0.3 is 15.2 Å². The Bertz CT molecular complexity index is 1170. The van der Waals surface area contributed by atoms with Gasteiger partial charge in [0, 0.05) is 17.6 Å². The number of nitrogens with one attached hydrogen (secondary N) is 2. The molecule has 0 saturated carbocycles. The Morgan fingerprint density at radius 2 is 1.90 bits per heavy atom. The number of carbonyl (C=O) groups is 2. The van der Waals surface area contributed by atoms with E-state index in [2.05, 4.69) is 15.7 Å². The molecule has 1 heterocycles. The topological polar surface area (TPSA) is 80.9 Å². The number of amides is 2. The highest BCUT2D eigenvalue weighted by molar-refractivity contribution is 7.71. The zero-order valence-corrected chi connectivity index (χ0v) is 18.6. The molecule has 1 aromatic heterocycles. The number of aryl methyl sites for hydroxylation is 1. The van der Waals surface area contributed by atoms with Gasteiger partial charge in [0.15, 0.2) is 10.6 Å². The lowest BCUT2D eigenvalue weighted by atomic mass is 10.1. The van der Waals surface area contributed by atoms with E-state index < -0.39 is 0 Å². The van der Waals surface area contributed by atoms with Crippen molar-refractivity contribution in [1.29, 1.82) is 0 Å². The standard InChI is InChI=1S/C20H19Cl2N5O2S/c1-12-5-3-4-6-14(12)19(29)23-10-17-25-27(20(30)26(17)2)11-18(28)24-16-8-7-13(21)9-15(16)22/h3-9H,10-11H2,1-2H3,(H,23,29)(H,24,28). The molecule has 0 aliphatic rings. The maximum absolute atomic E-state index is 12.4. The molecule has 0 fully saturated rings. The Morgan fingerprint density at radius 1 is 1.17 bits per heavy atom. The third-order valence-electron chi connectivity index (χ3n) is 4.43. The summed E-state index contributed by atoms with van der Waals surface area (Å²) in [5.41, 5.74) is 1.92. The summed E-state index contributed by atoms with van der Waals surface area (Å²) in [6.07, 6.45) is 0. The van der Waals surface area contributed by atoms with Crippen LogP contribution in [-0.4, -0.2) is 26.2 Å². The fraction of sp³-hybridized carbons (Fsp3) is 0.200. The Morgan fingerprint density at radius 3 is 2.60 bits per heavy atom. The van der Waals surface area contributed by atoms with E-state index in [1.54, 1.807) is 35.9 Å². The molecule has 0 bridgehead atoms. The van der Waals surface area contributed by atoms with Gasteiger partial charge in [-0.2, -0.15) is 5.10 Å². The van der Waals surface area contributed by atoms with E-state index in [1.165, 1.54) is 4.68 Å². The second kappa shape index (κ2) is 9.42. The molecular formula is C20H19Cl2N5O2S. The largest absolute Gasteiger partial charge is 0.345 e. The van der Waals surface area contributed by atoms with Crippen molar-refractivity contribution in [3.8, 4) is 0 Å². The van der Waals surface area contributed by atoms with Gasteiger partial charge in [-0.05, 0) is 49.0 Å². The number of nitrogens with zero attached hydrogens (tertiary/aromatic N) is 3. The molecule has 2 amide bonds. The van der Waals surface area contributed by atoms with Crippen LogP contribution in [0.5, 0.6) is 0 Å². The van der Waals surface area contributed by atoms with E-state index in [9.17, 15) is 9.59 Å². The minimum absolute atomic E-state index is 0.0998. The van der Waals surface area contributed by atoms with E-state index in [-0.39, 0.29) is 24.9 Å². The molecule has 3 aromatic rings. The zero-order valence-electron chi connectivity index (χ0n) is 16.3. The van der Waals surface area contributed by atoms with Gasteiger partial charge in [-0.3, -0.25) is 9.59 Å². The molecule has 30 heavy (non-hydrogen) atoms. The lowest BCUT2D eigenvalue weighted by molar-refractivity contribution is -0.116. The van der Waals surface area contributed by atoms with Crippen molar-refractivity contribution in [2.24, 2.45) is 7.05 Å². The van der Waals surface area contributed by atoms with Crippen LogP contribution in [0.3, 0.4) is 0 Å². The van der Waals surface area contributed by atoms with E-state index in [0.717, 1.165) is 5.56 Å². The molecule has 0 aliphatic heterocycles. The van der Waals surface area contributed by atoms with E-state index >= 15 is 0 Å². The van der Waals surface area contributed by atoms with Crippen LogP contribution in [0.4, 0.5) is 5.69 Å². The molecular weight excluding hydrogens is 445 g/mol. The fourth-order valence-electron chi connectivity index (χ4n) is 2.79. The van der Waals surface area contributed by atoms with Crippen LogP contribution in [0.1, 0.15) is 21.7 Å². The third-order valence-corrected chi connectivity index (χ3v) is 5.46. The maximum atomic E-state index is 12.4. The van der Waals surface area contributed by atoms with Gasteiger partial charge in [0.25, 0.3) is 5.91 Å². The summed E-state index contributed by atoms with van der Waals surface area (Å²) in [5, 5.41) is 10.7. The summed E-state index contributed by atoms with van der Waals surface area (Å²) in [4.78, 5) is 24.8. The Kier molecular flexibility index (Phi) is 6.91. The van der Waals surface area contributed by atoms with Crippen LogP contribution in [0.2, 0.25) is 10.0 Å². The van der Waals surface area contributed by atoms with Crippen molar-refractivity contribution in [1.82, 2.24) is 19.7 Å². The van der Waals surface area contributed by atoms with Gasteiger partial charge in [-0.15, -0.1) is 0 Å². The van der Waals surface area contributed by atoms with Gasteiger partial charge in [0.2, 0.25) is 5.91 Å². The first kappa shape index (κ1) is 22.0. The molecule has 2 aromatic carbocycles. The summed E-state index contributed by atoms with van der Waals surface area (Å²) in [7, 11) is 1.73. The highest BCUT2D eigenvalue weighted by Gasteiger charge is 2.14. The fourth-order valence-corrected chi connectivity index (χ4v) is 3.45. The molecule has 0 atom stereocenters. The molecule has 7 nitrogen and oxygen atoms in total. The summed E-state index contributed by atoms with van der Waals surface area (Å²) in [6.45, 7) is 1.94. The molecule has 10 heteroatoms. The second-order valence-corrected chi connectivity index (χ2v) is 7.79. The van der Waals surface area contributed by atoms with Gasteiger partial charge in [0.05, 0.1) is 17.3 Å². The minimum atomic E-state index is -0.344. The normalized spacial score (nSPS) is 10.7. The molecule has 0 aliphatic carbocycles. The van der Waals surface area contributed by atoms with Crippen LogP contribution in [0.15, 0.2) is 42.5 Å². The average Bonchev–Trinajstić information content (AvgIpc) is 2.96. The first-order valence-electron chi connectivity index (χ1n) is 8.97. The number of hydrogen-bond donors (Lipinski definition) is 2. The smallest absolute Gasteiger partial charge is 0.251 e. The van der Waals surface area contributed by atoms with E-state index in [4.69, 9.17) is 35.4 Å². The molecule has 0 radical (unpaired) electrons. The maximum Gasteiger partial charge on any atom is 0.251 e. The average molecular weight is 464 g/mol. The van der Waals surface area contributed by atoms with Crippen molar-refractivity contribution < 1.29 is 9.59 Å². The van der Waals surface area contributed by atoms with Crippen LogP contribution in [0.25, 0.3) is 0 Å². The number of anilines is 1. The Hall–Kier alpha value is -2.68. The predicted molar refractivity (Wildman–Crippen MR) is 119 cm³/mol. The summed E-state index contributed by atoms with van der Waals surface area (Å²) in [5.74, 6) is -0.0214. The summed E-state index contributed by atoms with van der Waals surface area (Å²) in [6, 6.07) is 12.1. The van der Waals surface area contributed by atoms with Gasteiger partial charge in [-0.25, -0.2) is 4.68 Å². The molecule has 0 unspecified atom stereocenters. The van der Waals surface area contributed by atoms with Crippen molar-refractivity contribution in [2.75, 3.05) is 5.32 Å². The zero-order chi connectivity index (χ0) is 21.8. The van der Waals surface area contributed by atoms with Crippen LogP contribution in [-0.2, 0) is 24.9 Å². The first-order chi connectivity index (χ1) is 14.3. The third kappa shape index (κ3) is 5.08. The highest BCUT2D eigenvalue weighted by atomic mass is 35.5. The Balaban J connectivity index is 1.67. The highest BCUT2D eigenvalue weighted by Crippen LogP contribution is 2.25. The monoisotopic (exact) mass is 463 g/mol. The SMILES string of the molecule is Cc1ccccc1C(=O)NCc1nn(CC(=O)Nc2ccc(Cl)cc2Cl)c(=S)n1C.